The van der Waals surface area contributed by atoms with Crippen molar-refractivity contribution in [1.82, 2.24) is 10.6 Å². The molecule has 58 valence electrons. The van der Waals surface area contributed by atoms with Crippen molar-refractivity contribution in [1.29, 1.82) is 0 Å². The zero-order valence-corrected chi connectivity index (χ0v) is 5.75. The molecule has 2 bridgehead atoms. The molecule has 1 aliphatic heterocycles. The average Bonchev–Trinajstić information content (AvgIpc) is 2.22. The Morgan fingerprint density at radius 1 is 1.60 bits per heavy atom. The summed E-state index contributed by atoms with van der Waals surface area (Å²) in [4.78, 5) is 0. The van der Waals surface area contributed by atoms with Gasteiger partial charge in [-0.3, -0.25) is 5.21 Å². The molecule has 0 radical (unpaired) electrons. The van der Waals surface area contributed by atoms with Crippen molar-refractivity contribution in [3.63, 3.8) is 0 Å². The minimum atomic E-state index is -0.969. The largest absolute Gasteiger partial charge is 0.372 e. The van der Waals surface area contributed by atoms with E-state index in [2.05, 4.69) is 5.43 Å². The quantitative estimate of drug-likeness (QED) is 0.436. The van der Waals surface area contributed by atoms with Gasteiger partial charge >= 0.3 is 0 Å². The van der Waals surface area contributed by atoms with E-state index >= 15 is 0 Å². The van der Waals surface area contributed by atoms with Gasteiger partial charge in [0.15, 0.2) is 5.72 Å². The maximum Gasteiger partial charge on any atom is 0.156 e. The van der Waals surface area contributed by atoms with Crippen molar-refractivity contribution in [2.75, 3.05) is 6.54 Å². The van der Waals surface area contributed by atoms with Crippen LogP contribution < -0.4 is 5.43 Å². The van der Waals surface area contributed by atoms with Crippen LogP contribution in [0.2, 0.25) is 0 Å². The average molecular weight is 144 g/mol. The molecule has 2 rings (SSSR count). The monoisotopic (exact) mass is 144 g/mol. The fourth-order valence-corrected chi connectivity index (χ4v) is 1.83. The van der Waals surface area contributed by atoms with Gasteiger partial charge in [0.25, 0.3) is 0 Å². The zero-order chi connectivity index (χ0) is 7.19. The number of nitrogens with zero attached hydrogens (tertiary/aromatic N) is 1. The molecule has 1 aliphatic carbocycles. The summed E-state index contributed by atoms with van der Waals surface area (Å²) in [6, 6.07) is 0. The molecule has 0 aromatic rings. The van der Waals surface area contributed by atoms with Crippen molar-refractivity contribution in [3.05, 3.63) is 0 Å². The Morgan fingerprint density at radius 3 is 3.10 bits per heavy atom. The Bertz CT molecular complexity index is 151. The van der Waals surface area contributed by atoms with Crippen LogP contribution in [-0.4, -0.2) is 27.8 Å². The van der Waals surface area contributed by atoms with Gasteiger partial charge < -0.3 is 5.11 Å². The van der Waals surface area contributed by atoms with E-state index in [9.17, 15) is 5.11 Å². The fraction of sp³-hybridized carbons (Fsp3) is 1.00. The summed E-state index contributed by atoms with van der Waals surface area (Å²) < 4.78 is 0. The van der Waals surface area contributed by atoms with Crippen molar-refractivity contribution >= 4 is 0 Å². The molecule has 1 saturated carbocycles. The standard InChI is InChI=1S/C6H12N2O2/c9-6-2-1-5(3-6)4-7-8(6)10/h5,7,9-10H,1-4H2. The first-order chi connectivity index (χ1) is 4.71. The highest BCUT2D eigenvalue weighted by Gasteiger charge is 2.45. The third-order valence-electron chi connectivity index (χ3n) is 2.49. The minimum absolute atomic E-state index is 0.549. The lowest BCUT2D eigenvalue weighted by atomic mass is 10.1. The van der Waals surface area contributed by atoms with Gasteiger partial charge in [-0.15, -0.1) is 0 Å². The predicted molar refractivity (Wildman–Crippen MR) is 33.9 cm³/mol. The lowest BCUT2D eigenvalue weighted by Crippen LogP contribution is -2.56. The first-order valence-electron chi connectivity index (χ1n) is 3.66. The molecular weight excluding hydrogens is 132 g/mol. The van der Waals surface area contributed by atoms with Crippen LogP contribution in [0, 0.1) is 5.92 Å². The van der Waals surface area contributed by atoms with E-state index in [1.165, 1.54) is 0 Å². The Kier molecular flexibility index (Phi) is 1.25. The SMILES string of the molecule is ON1NCC2CCC1(O)C2. The maximum atomic E-state index is 9.60. The van der Waals surface area contributed by atoms with Crippen LogP contribution in [0.1, 0.15) is 19.3 Å². The smallest absolute Gasteiger partial charge is 0.156 e. The third-order valence-corrected chi connectivity index (χ3v) is 2.49. The van der Waals surface area contributed by atoms with E-state index in [1.54, 1.807) is 0 Å². The molecule has 0 aromatic heterocycles. The molecule has 2 atom stereocenters. The van der Waals surface area contributed by atoms with Gasteiger partial charge in [0.2, 0.25) is 0 Å². The van der Waals surface area contributed by atoms with Crippen LogP contribution >= 0.6 is 0 Å². The molecule has 10 heavy (non-hydrogen) atoms. The fourth-order valence-electron chi connectivity index (χ4n) is 1.83. The van der Waals surface area contributed by atoms with E-state index in [0.29, 0.717) is 18.8 Å². The maximum absolute atomic E-state index is 9.60. The number of hydrogen-bond acceptors (Lipinski definition) is 4. The third kappa shape index (κ3) is 0.769. The molecule has 0 spiro atoms. The van der Waals surface area contributed by atoms with E-state index in [0.717, 1.165) is 18.1 Å². The molecule has 0 aromatic carbocycles. The van der Waals surface area contributed by atoms with Crippen molar-refractivity contribution in [3.8, 4) is 0 Å². The summed E-state index contributed by atoms with van der Waals surface area (Å²) in [7, 11) is 0. The lowest BCUT2D eigenvalue weighted by molar-refractivity contribution is -0.300. The number of hydrogen-bond donors (Lipinski definition) is 3. The molecule has 4 heteroatoms. The van der Waals surface area contributed by atoms with E-state index in [-0.39, 0.29) is 0 Å². The van der Waals surface area contributed by atoms with E-state index in [1.807, 2.05) is 0 Å². The van der Waals surface area contributed by atoms with Gasteiger partial charge in [-0.2, -0.15) is 0 Å². The lowest BCUT2D eigenvalue weighted by Gasteiger charge is -2.35. The molecule has 3 N–H and O–H groups in total. The second kappa shape index (κ2) is 1.92. The van der Waals surface area contributed by atoms with Crippen molar-refractivity contribution in [2.45, 2.75) is 25.0 Å². The Balaban J connectivity index is 2.17. The van der Waals surface area contributed by atoms with Gasteiger partial charge in [-0.05, 0) is 25.2 Å². The number of rotatable bonds is 0. The molecule has 1 saturated heterocycles. The Morgan fingerprint density at radius 2 is 2.40 bits per heavy atom. The number of fused-ring (bicyclic) bond motifs is 2. The zero-order valence-electron chi connectivity index (χ0n) is 5.75. The van der Waals surface area contributed by atoms with Gasteiger partial charge in [0.1, 0.15) is 0 Å². The first-order valence-corrected chi connectivity index (χ1v) is 3.66. The van der Waals surface area contributed by atoms with Gasteiger partial charge in [0.05, 0.1) is 0 Å². The van der Waals surface area contributed by atoms with Gasteiger partial charge in [0, 0.05) is 6.54 Å². The second-order valence-electron chi connectivity index (χ2n) is 3.27. The molecule has 4 nitrogen and oxygen atoms in total. The first kappa shape index (κ1) is 6.54. The van der Waals surface area contributed by atoms with Crippen molar-refractivity contribution in [2.24, 2.45) is 5.92 Å². The topological polar surface area (TPSA) is 55.7 Å². The molecular formula is C6H12N2O2. The van der Waals surface area contributed by atoms with E-state index in [4.69, 9.17) is 5.21 Å². The highest BCUT2D eigenvalue weighted by atomic mass is 16.6. The summed E-state index contributed by atoms with van der Waals surface area (Å²) in [5, 5.41) is 19.6. The highest BCUT2D eigenvalue weighted by molar-refractivity contribution is 4.89. The molecule has 2 unspecified atom stereocenters. The van der Waals surface area contributed by atoms with Crippen LogP contribution in [0.15, 0.2) is 0 Å². The Hall–Kier alpha value is -0.160. The van der Waals surface area contributed by atoms with Crippen LogP contribution in [0.25, 0.3) is 0 Å². The summed E-state index contributed by atoms with van der Waals surface area (Å²) in [5.74, 6) is 0.549. The molecule has 1 heterocycles. The molecule has 2 aliphatic rings. The highest BCUT2D eigenvalue weighted by Crippen LogP contribution is 2.37. The molecule has 0 amide bonds. The van der Waals surface area contributed by atoms with Crippen LogP contribution in [0.3, 0.4) is 0 Å². The number of hydroxylamine groups is 1. The number of hydrazine groups is 1. The Labute approximate surface area is 59.4 Å². The van der Waals surface area contributed by atoms with Gasteiger partial charge in [-0.25, -0.2) is 5.43 Å². The van der Waals surface area contributed by atoms with Crippen LogP contribution in [0.5, 0.6) is 0 Å². The van der Waals surface area contributed by atoms with Crippen LogP contribution in [-0.2, 0) is 0 Å². The van der Waals surface area contributed by atoms with E-state index < -0.39 is 5.72 Å². The molecule has 2 fully saturated rings. The van der Waals surface area contributed by atoms with Crippen molar-refractivity contribution < 1.29 is 10.3 Å². The predicted octanol–water partition coefficient (Wildman–Crippen LogP) is -0.316. The number of aliphatic hydroxyl groups is 1. The summed E-state index contributed by atoms with van der Waals surface area (Å²) >= 11 is 0. The van der Waals surface area contributed by atoms with Gasteiger partial charge in [-0.1, -0.05) is 5.17 Å². The summed E-state index contributed by atoms with van der Waals surface area (Å²) in [5.41, 5.74) is 1.75. The minimum Gasteiger partial charge on any atom is -0.372 e. The summed E-state index contributed by atoms with van der Waals surface area (Å²) in [6.07, 6.45) is 2.40. The summed E-state index contributed by atoms with van der Waals surface area (Å²) in [6.45, 7) is 0.790. The normalized spacial score (nSPS) is 48.0. The second-order valence-corrected chi connectivity index (χ2v) is 3.27. The van der Waals surface area contributed by atoms with Crippen LogP contribution in [0.4, 0.5) is 0 Å². The number of nitrogens with one attached hydrogen (secondary N) is 1.